The Morgan fingerprint density at radius 1 is 0.658 bits per heavy atom. The van der Waals surface area contributed by atoms with Crippen molar-refractivity contribution < 1.29 is 15.6 Å². The molecule has 2 unspecified atom stereocenters. The summed E-state index contributed by atoms with van der Waals surface area (Å²) in [4.78, 5) is 0. The number of allylic oxidation sites excluding steroid dienone is 2. The molecular weight excluding hydrogens is 599 g/mol. The van der Waals surface area contributed by atoms with Gasteiger partial charge in [-0.3, -0.25) is 0 Å². The molecule has 0 aliphatic heterocycles. The van der Waals surface area contributed by atoms with E-state index in [0.717, 1.165) is 12.8 Å². The molecule has 0 heterocycles. The van der Waals surface area contributed by atoms with Crippen LogP contribution in [0.3, 0.4) is 0 Å². The molecule has 0 nitrogen and oxygen atoms in total. The Kier molecular flexibility index (Phi) is 8.94. The van der Waals surface area contributed by atoms with Crippen LogP contribution in [0.1, 0.15) is 96.0 Å². The van der Waals surface area contributed by atoms with Gasteiger partial charge in [-0.05, 0) is 0 Å². The Labute approximate surface area is 242 Å². The summed E-state index contributed by atoms with van der Waals surface area (Å²) >= 11 is -4.63. The standard InChI is InChI=1S/2C16H21.C2H7Si.2ClH.Zr/c2*1-11(2)7-13-5-6-14-9-15(12(3)4)10-16(14)8-13;1-3-2;;;/h2*5-6,8-12H,7H2,1-4H3;3H,1-2H3;2*1H;/q;;;;;+2/p-2. The second kappa shape index (κ2) is 11.1. The van der Waals surface area contributed by atoms with Gasteiger partial charge in [0.2, 0.25) is 0 Å². The molecule has 2 aliphatic carbocycles. The first-order valence-corrected chi connectivity index (χ1v) is 31.2. The minimum absolute atomic E-state index is 0.183. The Hall–Kier alpha value is -0.400. The molecule has 0 N–H and O–H groups in total. The predicted octanol–water partition coefficient (Wildman–Crippen LogP) is 11.0. The van der Waals surface area contributed by atoms with E-state index in [-0.39, 0.29) is 7.25 Å². The predicted molar refractivity (Wildman–Crippen MR) is 172 cm³/mol. The van der Waals surface area contributed by atoms with Gasteiger partial charge in [0.05, 0.1) is 0 Å². The molecule has 4 heteroatoms. The fourth-order valence-electron chi connectivity index (χ4n) is 7.17. The first kappa shape index (κ1) is 30.6. The van der Waals surface area contributed by atoms with Crippen molar-refractivity contribution in [2.24, 2.45) is 23.7 Å². The molecular formula is C34H49Cl2SiZr. The van der Waals surface area contributed by atoms with Gasteiger partial charge in [0.15, 0.2) is 0 Å². The van der Waals surface area contributed by atoms with E-state index < -0.39 is 21.5 Å². The van der Waals surface area contributed by atoms with Crippen molar-refractivity contribution >= 4 is 35.1 Å². The zero-order valence-electron chi connectivity index (χ0n) is 25.3. The van der Waals surface area contributed by atoms with Gasteiger partial charge in [0, 0.05) is 0 Å². The zero-order chi connectivity index (χ0) is 28.2. The quantitative estimate of drug-likeness (QED) is 0.238. The fraction of sp³-hybridized carbons (Fsp3) is 0.529. The second-order valence-electron chi connectivity index (χ2n) is 14.0. The third kappa shape index (κ3) is 5.31. The number of halogens is 2. The summed E-state index contributed by atoms with van der Waals surface area (Å²) in [7, 11) is 17.0. The van der Waals surface area contributed by atoms with E-state index in [1.165, 1.54) is 44.5 Å². The average Bonchev–Trinajstić information content (AvgIpc) is 3.38. The van der Waals surface area contributed by atoms with Crippen molar-refractivity contribution in [3.05, 3.63) is 80.9 Å². The van der Waals surface area contributed by atoms with Crippen molar-refractivity contribution in [2.75, 3.05) is 0 Å². The van der Waals surface area contributed by atoms with E-state index in [1.807, 2.05) is 0 Å². The number of hydrogen-bond acceptors (Lipinski definition) is 0. The molecule has 2 aromatic carbocycles. The summed E-state index contributed by atoms with van der Waals surface area (Å²) in [5.41, 5.74) is 11.4. The summed E-state index contributed by atoms with van der Waals surface area (Å²) in [5, 5.41) is 0. The average molecular weight is 648 g/mol. The molecule has 0 saturated carbocycles. The van der Waals surface area contributed by atoms with Crippen LogP contribution in [0.25, 0.3) is 12.2 Å². The van der Waals surface area contributed by atoms with E-state index in [4.69, 9.17) is 17.0 Å². The van der Waals surface area contributed by atoms with Crippen molar-refractivity contribution in [3.8, 4) is 0 Å². The summed E-state index contributed by atoms with van der Waals surface area (Å²) < 4.78 is 0.367. The van der Waals surface area contributed by atoms with Gasteiger partial charge >= 0.3 is 244 Å². The van der Waals surface area contributed by atoms with Crippen LogP contribution in [0, 0.1) is 23.7 Å². The van der Waals surface area contributed by atoms with Crippen LogP contribution < -0.4 is 0 Å². The molecule has 0 saturated heterocycles. The third-order valence-electron chi connectivity index (χ3n) is 9.06. The first-order valence-electron chi connectivity index (χ1n) is 14.9. The van der Waals surface area contributed by atoms with Crippen LogP contribution in [0.2, 0.25) is 13.1 Å². The number of benzene rings is 2. The molecule has 38 heavy (non-hydrogen) atoms. The summed E-state index contributed by atoms with van der Waals surface area (Å²) in [5.74, 6) is 0.603. The molecule has 2 atom stereocenters. The second-order valence-corrected chi connectivity index (χ2v) is 56.5. The van der Waals surface area contributed by atoms with Gasteiger partial charge in [-0.25, -0.2) is 0 Å². The van der Waals surface area contributed by atoms with Gasteiger partial charge in [-0.15, -0.1) is 0 Å². The van der Waals surface area contributed by atoms with E-state index in [1.54, 1.807) is 0 Å². The molecule has 207 valence electrons. The monoisotopic (exact) mass is 645 g/mol. The molecule has 2 aromatic rings. The minimum atomic E-state index is -4.63. The Bertz CT molecular complexity index is 1170. The SMILES string of the molecule is CC(C)Cc1ccc2c(c1)C=C(C(C)C)[CH]2[Zr]([Cl])([Cl])([CH]1C(C(C)C)=Cc2cc(CC(C)C)ccc21)[SiH](C)C. The summed E-state index contributed by atoms with van der Waals surface area (Å²) in [6.07, 6.45) is 7.16. The topological polar surface area (TPSA) is 0 Å². The van der Waals surface area contributed by atoms with Crippen molar-refractivity contribution in [2.45, 2.75) is 88.6 Å². The zero-order valence-corrected chi connectivity index (χ0v) is 30.5. The summed E-state index contributed by atoms with van der Waals surface area (Å²) in [6, 6.07) is 14.4. The van der Waals surface area contributed by atoms with Crippen molar-refractivity contribution in [1.29, 1.82) is 0 Å². The van der Waals surface area contributed by atoms with E-state index in [9.17, 15) is 0 Å². The fourth-order valence-corrected chi connectivity index (χ4v) is 38.7. The molecule has 2 aliphatic rings. The van der Waals surface area contributed by atoms with Crippen LogP contribution in [0.4, 0.5) is 0 Å². The van der Waals surface area contributed by atoms with Gasteiger partial charge < -0.3 is 0 Å². The van der Waals surface area contributed by atoms with Crippen LogP contribution in [-0.2, 0) is 28.4 Å². The molecule has 0 fully saturated rings. The summed E-state index contributed by atoms with van der Waals surface area (Å²) in [6.45, 7) is 23.5. The van der Waals surface area contributed by atoms with Crippen LogP contribution >= 0.6 is 17.0 Å². The van der Waals surface area contributed by atoms with E-state index in [2.05, 4.69) is 117 Å². The molecule has 0 radical (unpaired) electrons. The van der Waals surface area contributed by atoms with E-state index in [0.29, 0.717) is 23.7 Å². The van der Waals surface area contributed by atoms with Crippen molar-refractivity contribution in [3.63, 3.8) is 0 Å². The molecule has 0 aromatic heterocycles. The Morgan fingerprint density at radius 2 is 1.03 bits per heavy atom. The number of hydrogen-bond donors (Lipinski definition) is 0. The first-order chi connectivity index (χ1) is 17.6. The molecule has 4 rings (SSSR count). The molecule has 0 amide bonds. The molecule has 0 spiro atoms. The Morgan fingerprint density at radius 3 is 1.32 bits per heavy atom. The van der Waals surface area contributed by atoms with Crippen molar-refractivity contribution in [1.82, 2.24) is 0 Å². The maximum atomic E-state index is 8.48. The third-order valence-corrected chi connectivity index (χ3v) is 60.7. The van der Waals surface area contributed by atoms with Gasteiger partial charge in [0.25, 0.3) is 0 Å². The van der Waals surface area contributed by atoms with Gasteiger partial charge in [-0.2, -0.15) is 0 Å². The van der Waals surface area contributed by atoms with E-state index >= 15 is 0 Å². The molecule has 0 bridgehead atoms. The number of rotatable bonds is 9. The van der Waals surface area contributed by atoms with Crippen LogP contribution in [-0.4, -0.2) is 5.92 Å². The maximum absolute atomic E-state index is 8.48. The Balaban J connectivity index is 1.95. The number of fused-ring (bicyclic) bond motifs is 2. The van der Waals surface area contributed by atoms with Gasteiger partial charge in [-0.1, -0.05) is 0 Å². The normalized spacial score (nSPS) is 20.3. The van der Waals surface area contributed by atoms with Gasteiger partial charge in [0.1, 0.15) is 0 Å². The van der Waals surface area contributed by atoms with Crippen LogP contribution in [0.15, 0.2) is 47.5 Å². The van der Waals surface area contributed by atoms with Crippen LogP contribution in [0.5, 0.6) is 0 Å².